The number of carbonyl (C=O) groups is 1. The van der Waals surface area contributed by atoms with Gasteiger partial charge in [-0.3, -0.25) is 23.4 Å². The normalized spacial score (nSPS) is 17.1. The van der Waals surface area contributed by atoms with Gasteiger partial charge in [0.05, 0.1) is 10.9 Å². The molecule has 1 N–H and O–H groups in total. The van der Waals surface area contributed by atoms with Gasteiger partial charge in [-0.15, -0.1) is 0 Å². The maximum absolute atomic E-state index is 13.2. The highest BCUT2D eigenvalue weighted by atomic mass is 32.2. The van der Waals surface area contributed by atoms with E-state index < -0.39 is 0 Å². The van der Waals surface area contributed by atoms with Crippen LogP contribution in [0.4, 0.5) is 0 Å². The number of benzene rings is 1. The molecule has 1 aromatic carbocycles. The Morgan fingerprint density at radius 1 is 1.33 bits per heavy atom. The fourth-order valence-electron chi connectivity index (χ4n) is 3.39. The Morgan fingerprint density at radius 3 is 2.70 bits per heavy atom. The average molecular weight is 429 g/mol. The molecule has 0 saturated heterocycles. The van der Waals surface area contributed by atoms with Crippen molar-refractivity contribution in [3.05, 3.63) is 51.7 Å². The first kappa shape index (κ1) is 20.9. The molecule has 0 unspecified atom stereocenters. The SMILES string of the molecule is C=CC(=O)N(C)CCn1c(=O)c2cc(SNC3(C)CC3)ccc2n(CC2CC2)c1=O. The van der Waals surface area contributed by atoms with Crippen molar-refractivity contribution in [1.82, 2.24) is 18.8 Å². The summed E-state index contributed by atoms with van der Waals surface area (Å²) >= 11 is 1.53. The molecule has 0 aliphatic heterocycles. The van der Waals surface area contributed by atoms with Crippen molar-refractivity contribution in [1.29, 1.82) is 0 Å². The molecule has 0 bridgehead atoms. The Hall–Kier alpha value is -2.32. The number of hydrogen-bond acceptors (Lipinski definition) is 5. The molecular formula is C22H28N4O3S. The van der Waals surface area contributed by atoms with Crippen LogP contribution in [0.3, 0.4) is 0 Å². The summed E-state index contributed by atoms with van der Waals surface area (Å²) in [4.78, 5) is 40.5. The van der Waals surface area contributed by atoms with Gasteiger partial charge in [-0.1, -0.05) is 6.58 Å². The first-order valence-corrected chi connectivity index (χ1v) is 11.2. The molecule has 0 atom stereocenters. The van der Waals surface area contributed by atoms with Crippen LogP contribution < -0.4 is 16.0 Å². The molecule has 1 aromatic heterocycles. The highest BCUT2D eigenvalue weighted by molar-refractivity contribution is 7.97. The standard InChI is InChI=1S/C22H28N4O3S/c1-4-19(27)24(3)11-12-25-20(28)17-13-16(30-23-22(2)9-10-22)7-8-18(17)26(21(25)29)14-15-5-6-15/h4,7-8,13,15,23H,1,5-6,9-12,14H2,2-3H3. The number of likely N-dealkylation sites (N-methyl/N-ethyl adjacent to an activating group) is 1. The third-order valence-electron chi connectivity index (χ3n) is 5.96. The molecule has 2 fully saturated rings. The largest absolute Gasteiger partial charge is 0.340 e. The van der Waals surface area contributed by atoms with Gasteiger partial charge in [0.2, 0.25) is 5.91 Å². The molecule has 2 aliphatic rings. The quantitative estimate of drug-likeness (QED) is 0.490. The van der Waals surface area contributed by atoms with Crippen LogP contribution in [0.25, 0.3) is 10.9 Å². The minimum absolute atomic E-state index is 0.155. The smallest absolute Gasteiger partial charge is 0.331 e. The van der Waals surface area contributed by atoms with Crippen molar-refractivity contribution in [3.8, 4) is 0 Å². The monoisotopic (exact) mass is 428 g/mol. The number of carbonyl (C=O) groups excluding carboxylic acids is 1. The maximum atomic E-state index is 13.2. The lowest BCUT2D eigenvalue weighted by Crippen LogP contribution is -2.43. The minimum Gasteiger partial charge on any atom is -0.340 e. The van der Waals surface area contributed by atoms with Crippen molar-refractivity contribution < 1.29 is 4.79 Å². The van der Waals surface area contributed by atoms with Gasteiger partial charge in [0.15, 0.2) is 0 Å². The Bertz CT molecular complexity index is 1110. The van der Waals surface area contributed by atoms with Gasteiger partial charge < -0.3 is 4.90 Å². The molecule has 0 spiro atoms. The number of hydrogen-bond donors (Lipinski definition) is 1. The second kappa shape index (κ2) is 8.07. The molecule has 30 heavy (non-hydrogen) atoms. The molecule has 0 radical (unpaired) electrons. The van der Waals surface area contributed by atoms with Gasteiger partial charge in [0.1, 0.15) is 0 Å². The summed E-state index contributed by atoms with van der Waals surface area (Å²) in [5.74, 6) is 0.257. The van der Waals surface area contributed by atoms with E-state index in [0.29, 0.717) is 23.4 Å². The molecule has 1 amide bonds. The molecule has 8 heteroatoms. The van der Waals surface area contributed by atoms with Crippen LogP contribution in [0.15, 0.2) is 45.3 Å². The summed E-state index contributed by atoms with van der Waals surface area (Å²) in [6.07, 6.45) is 5.75. The van der Waals surface area contributed by atoms with Crippen molar-refractivity contribution in [2.75, 3.05) is 13.6 Å². The summed E-state index contributed by atoms with van der Waals surface area (Å²) in [6.45, 7) is 6.71. The summed E-state index contributed by atoms with van der Waals surface area (Å²) in [5.41, 5.74) is 0.252. The van der Waals surface area contributed by atoms with Crippen LogP contribution in [0.1, 0.15) is 32.6 Å². The van der Waals surface area contributed by atoms with Gasteiger partial charge in [0, 0.05) is 37.1 Å². The molecule has 160 valence electrons. The fraction of sp³-hybridized carbons (Fsp3) is 0.500. The van der Waals surface area contributed by atoms with Gasteiger partial charge in [-0.25, -0.2) is 4.79 Å². The minimum atomic E-state index is -0.304. The fourth-order valence-corrected chi connectivity index (χ4v) is 4.27. The van der Waals surface area contributed by atoms with E-state index in [1.165, 1.54) is 27.5 Å². The Balaban J connectivity index is 1.71. The van der Waals surface area contributed by atoms with Gasteiger partial charge >= 0.3 is 5.69 Å². The summed E-state index contributed by atoms with van der Waals surface area (Å²) in [6, 6.07) is 5.73. The summed E-state index contributed by atoms with van der Waals surface area (Å²) < 4.78 is 6.46. The van der Waals surface area contributed by atoms with E-state index in [2.05, 4.69) is 18.2 Å². The molecular weight excluding hydrogens is 400 g/mol. The zero-order valence-corrected chi connectivity index (χ0v) is 18.3. The van der Waals surface area contributed by atoms with Crippen molar-refractivity contribution >= 4 is 28.8 Å². The maximum Gasteiger partial charge on any atom is 0.331 e. The predicted octanol–water partition coefficient (Wildman–Crippen LogP) is 2.37. The number of rotatable bonds is 9. The highest BCUT2D eigenvalue weighted by Gasteiger charge is 2.37. The number of nitrogens with one attached hydrogen (secondary N) is 1. The van der Waals surface area contributed by atoms with E-state index in [1.807, 2.05) is 18.2 Å². The zero-order chi connectivity index (χ0) is 21.5. The van der Waals surface area contributed by atoms with E-state index in [4.69, 9.17) is 0 Å². The Morgan fingerprint density at radius 2 is 2.07 bits per heavy atom. The lowest BCUT2D eigenvalue weighted by Gasteiger charge is -2.18. The van der Waals surface area contributed by atoms with Crippen LogP contribution in [-0.2, 0) is 17.9 Å². The van der Waals surface area contributed by atoms with E-state index in [0.717, 1.165) is 30.6 Å². The van der Waals surface area contributed by atoms with Crippen molar-refractivity contribution in [2.45, 2.75) is 56.1 Å². The van der Waals surface area contributed by atoms with Crippen LogP contribution in [0.2, 0.25) is 0 Å². The van der Waals surface area contributed by atoms with Gasteiger partial charge in [0.25, 0.3) is 5.56 Å². The van der Waals surface area contributed by atoms with E-state index in [-0.39, 0.29) is 35.8 Å². The third-order valence-corrected chi connectivity index (χ3v) is 7.04. The van der Waals surface area contributed by atoms with E-state index >= 15 is 0 Å². The molecule has 2 aliphatic carbocycles. The lowest BCUT2D eigenvalue weighted by molar-refractivity contribution is -0.124. The van der Waals surface area contributed by atoms with E-state index in [9.17, 15) is 14.4 Å². The number of aromatic nitrogens is 2. The molecule has 2 saturated carbocycles. The van der Waals surface area contributed by atoms with E-state index in [1.54, 1.807) is 11.6 Å². The third kappa shape index (κ3) is 4.39. The predicted molar refractivity (Wildman–Crippen MR) is 120 cm³/mol. The number of amides is 1. The van der Waals surface area contributed by atoms with Gasteiger partial charge in [-0.2, -0.15) is 0 Å². The van der Waals surface area contributed by atoms with Gasteiger partial charge in [-0.05, 0) is 74.7 Å². The van der Waals surface area contributed by atoms with Crippen molar-refractivity contribution in [3.63, 3.8) is 0 Å². The summed E-state index contributed by atoms with van der Waals surface area (Å²) in [7, 11) is 1.64. The number of nitrogens with zero attached hydrogens (tertiary/aromatic N) is 3. The molecule has 2 aromatic rings. The first-order chi connectivity index (χ1) is 14.3. The van der Waals surface area contributed by atoms with Crippen LogP contribution in [0, 0.1) is 5.92 Å². The van der Waals surface area contributed by atoms with Crippen LogP contribution >= 0.6 is 11.9 Å². The molecule has 7 nitrogen and oxygen atoms in total. The van der Waals surface area contributed by atoms with Crippen LogP contribution in [-0.4, -0.2) is 39.1 Å². The number of fused-ring (bicyclic) bond motifs is 1. The van der Waals surface area contributed by atoms with Crippen LogP contribution in [0.5, 0.6) is 0 Å². The topological polar surface area (TPSA) is 76.3 Å². The average Bonchev–Trinajstić information content (AvgIpc) is 3.67. The zero-order valence-electron chi connectivity index (χ0n) is 17.5. The lowest BCUT2D eigenvalue weighted by atomic mass is 10.2. The second-order valence-electron chi connectivity index (χ2n) is 8.70. The Labute approximate surface area is 179 Å². The Kier molecular flexibility index (Phi) is 5.63. The first-order valence-electron chi connectivity index (χ1n) is 10.4. The van der Waals surface area contributed by atoms with Crippen molar-refractivity contribution in [2.24, 2.45) is 5.92 Å². The molecule has 4 rings (SSSR count). The summed E-state index contributed by atoms with van der Waals surface area (Å²) in [5, 5.41) is 0.542. The second-order valence-corrected chi connectivity index (χ2v) is 9.58. The highest BCUT2D eigenvalue weighted by Crippen LogP contribution is 2.37. The molecule has 1 heterocycles.